The van der Waals surface area contributed by atoms with E-state index in [9.17, 15) is 0 Å². The maximum absolute atomic E-state index is 8.00. The number of hydrogen-bond acceptors (Lipinski definition) is 3. The molecule has 0 aliphatic carbocycles. The molecule has 0 aliphatic rings. The average Bonchev–Trinajstić information content (AvgIpc) is 3.56. The largest absolute Gasteiger partial charge is 0.510 e. The number of para-hydroxylation sites is 3. The van der Waals surface area contributed by atoms with Crippen LogP contribution in [0.4, 0.5) is 5.69 Å². The predicted molar refractivity (Wildman–Crippen MR) is 189 cm³/mol. The number of pyridine rings is 1. The monoisotopic (exact) mass is 821 g/mol. The molecule has 3 aromatic heterocycles. The second-order valence-corrected chi connectivity index (χ2v) is 23.3. The molecule has 6 nitrogen and oxygen atoms in total. The molecule has 4 aromatic carbocycles. The minimum Gasteiger partial charge on any atom is -0.510 e. The van der Waals surface area contributed by atoms with Crippen molar-refractivity contribution in [3.63, 3.8) is 0 Å². The Kier molecular flexibility index (Phi) is 7.37. The molecule has 7 rings (SSSR count). The van der Waals surface area contributed by atoms with Gasteiger partial charge in [0.25, 0.3) is 0 Å². The fourth-order valence-electron chi connectivity index (χ4n) is 6.60. The van der Waals surface area contributed by atoms with Crippen molar-refractivity contribution in [2.24, 2.45) is 6.98 Å². The molecule has 0 radical (unpaired) electrons. The van der Waals surface area contributed by atoms with E-state index in [-0.39, 0.29) is 21.1 Å². The zero-order chi connectivity index (χ0) is 34.0. The van der Waals surface area contributed by atoms with Gasteiger partial charge in [0, 0.05) is 56.0 Å². The topological polar surface area (TPSA) is 39.1 Å². The van der Waals surface area contributed by atoms with Crippen LogP contribution in [0, 0.1) is 18.5 Å². The van der Waals surface area contributed by atoms with Crippen LogP contribution in [0.1, 0.15) is 4.11 Å². The molecule has 0 spiro atoms. The van der Waals surface area contributed by atoms with Gasteiger partial charge in [-0.2, -0.15) is 18.2 Å². The molecular formula is C37H37N5OPtSi2-2. The number of anilines is 1. The summed E-state index contributed by atoms with van der Waals surface area (Å²) in [5.41, 5.74) is 4.99. The van der Waals surface area contributed by atoms with Crippen molar-refractivity contribution in [1.29, 1.82) is 0 Å². The van der Waals surface area contributed by atoms with Crippen LogP contribution in [0.5, 0.6) is 11.5 Å². The van der Waals surface area contributed by atoms with E-state index in [2.05, 4.69) is 103 Å². The average molecular weight is 822 g/mol. The first kappa shape index (κ1) is 28.3. The molecule has 0 unspecified atom stereocenters. The van der Waals surface area contributed by atoms with E-state index in [1.165, 1.54) is 10.3 Å². The van der Waals surface area contributed by atoms with Crippen molar-refractivity contribution in [3.8, 4) is 23.0 Å². The Morgan fingerprint density at radius 1 is 0.783 bits per heavy atom. The summed E-state index contributed by atoms with van der Waals surface area (Å²) >= 11 is 0. The van der Waals surface area contributed by atoms with Crippen LogP contribution in [0.2, 0.25) is 39.3 Å². The maximum atomic E-state index is 8.00. The van der Waals surface area contributed by atoms with Crippen molar-refractivity contribution in [3.05, 3.63) is 116 Å². The molecule has 0 fully saturated rings. The van der Waals surface area contributed by atoms with Crippen molar-refractivity contribution < 1.29 is 34.5 Å². The molecule has 0 saturated carbocycles. The summed E-state index contributed by atoms with van der Waals surface area (Å²) in [5.74, 6) is 1.83. The first-order valence-corrected chi connectivity index (χ1v) is 22.0. The molecule has 3 heterocycles. The molecule has 0 N–H and O–H groups in total. The minimum absolute atomic E-state index is 0. The summed E-state index contributed by atoms with van der Waals surface area (Å²) in [7, 11) is -3.38. The Morgan fingerprint density at radius 3 is 2.26 bits per heavy atom. The van der Waals surface area contributed by atoms with E-state index in [4.69, 9.17) is 13.8 Å². The third-order valence-electron chi connectivity index (χ3n) is 7.89. The molecule has 0 amide bonds. The molecular weight excluding hydrogens is 782 g/mol. The van der Waals surface area contributed by atoms with Crippen LogP contribution in [0.3, 0.4) is 0 Å². The second-order valence-electron chi connectivity index (χ2n) is 13.2. The number of imidazole rings is 1. The number of benzene rings is 4. The Morgan fingerprint density at radius 2 is 1.50 bits per heavy atom. The van der Waals surface area contributed by atoms with Crippen LogP contribution in [0.25, 0.3) is 44.3 Å². The van der Waals surface area contributed by atoms with Gasteiger partial charge in [0.1, 0.15) is 22.3 Å². The van der Waals surface area contributed by atoms with Crippen LogP contribution in [0.15, 0.2) is 97.2 Å². The molecule has 0 aliphatic heterocycles. The van der Waals surface area contributed by atoms with E-state index < -0.39 is 23.4 Å². The molecule has 236 valence electrons. The van der Waals surface area contributed by atoms with Gasteiger partial charge in [0.15, 0.2) is 0 Å². The minimum atomic E-state index is -2.38. The van der Waals surface area contributed by atoms with Gasteiger partial charge in [-0.3, -0.25) is 0 Å². The molecule has 0 atom stereocenters. The Bertz CT molecular complexity index is 2310. The van der Waals surface area contributed by atoms with Gasteiger partial charge in [-0.05, 0) is 17.5 Å². The molecule has 46 heavy (non-hydrogen) atoms. The van der Waals surface area contributed by atoms with Crippen molar-refractivity contribution >= 4 is 55.0 Å². The number of aromatic nitrogens is 4. The summed E-state index contributed by atoms with van der Waals surface area (Å²) in [6.45, 7) is 12.0. The van der Waals surface area contributed by atoms with E-state index in [0.29, 0.717) is 28.2 Å². The van der Waals surface area contributed by atoms with Crippen molar-refractivity contribution in [2.45, 2.75) is 39.3 Å². The van der Waals surface area contributed by atoms with Gasteiger partial charge in [-0.25, -0.2) is 4.98 Å². The zero-order valence-corrected chi connectivity index (χ0v) is 31.0. The van der Waals surface area contributed by atoms with Gasteiger partial charge in [-0.15, -0.1) is 29.7 Å². The molecule has 7 aromatic rings. The Labute approximate surface area is 291 Å². The van der Waals surface area contributed by atoms with Crippen LogP contribution >= 0.6 is 0 Å². The van der Waals surface area contributed by atoms with Crippen molar-refractivity contribution in [1.82, 2.24) is 14.1 Å². The summed E-state index contributed by atoms with van der Waals surface area (Å²) in [6, 6.07) is 36.4. The summed E-state index contributed by atoms with van der Waals surface area (Å²) in [5, 5.41) is 2.17. The van der Waals surface area contributed by atoms with Gasteiger partial charge >= 0.3 is 0 Å². The number of nitrogens with zero attached hydrogens (tertiary/aromatic N) is 5. The summed E-state index contributed by atoms with van der Waals surface area (Å²) < 4.78 is 38.1. The van der Waals surface area contributed by atoms with Gasteiger partial charge in [0.2, 0.25) is 6.33 Å². The zero-order valence-electron chi connectivity index (χ0n) is 29.7. The fraction of sp³-hybridized carbons (Fsp3) is 0.189. The first-order chi connectivity index (χ1) is 22.7. The van der Waals surface area contributed by atoms with Crippen LogP contribution < -0.4 is 13.5 Å². The first-order valence-electron chi connectivity index (χ1n) is 16.6. The van der Waals surface area contributed by atoms with E-state index in [0.717, 1.165) is 27.6 Å². The summed E-state index contributed by atoms with van der Waals surface area (Å²) in [4.78, 5) is 4.88. The third-order valence-corrected chi connectivity index (χ3v) is 15.1. The molecule has 0 saturated heterocycles. The van der Waals surface area contributed by atoms with E-state index in [1.54, 1.807) is 10.6 Å². The smallest absolute Gasteiger partial charge is 0.242 e. The fourth-order valence-corrected chi connectivity index (χ4v) is 16.5. The second kappa shape index (κ2) is 12.0. The molecule has 0 bridgehead atoms. The van der Waals surface area contributed by atoms with Crippen molar-refractivity contribution in [2.75, 3.05) is 4.23 Å². The van der Waals surface area contributed by atoms with Crippen LogP contribution in [-0.2, 0) is 28.0 Å². The maximum Gasteiger partial charge on any atom is 0.242 e. The van der Waals surface area contributed by atoms with E-state index in [1.807, 2.05) is 54.7 Å². The molecule has 9 heteroatoms. The number of rotatable bonds is 7. The number of hydrogen-bond donors (Lipinski definition) is 0. The quantitative estimate of drug-likeness (QED) is 0.0920. The SMILES string of the molecule is [2H]C([2H])([2H])[n+]1[c-]n(-c2[c-]c(Oc3[c-]c4c(cc3)c3ccccc3n4-c3cc(N([Si](C)(C)C)[Si](C)(C)C)ccn3)ccc2)c2ccccc21.[Pt]. The number of ether oxygens (including phenoxy) is 1. The number of fused-ring (bicyclic) bond motifs is 4. The Hall–Kier alpha value is -3.98. The number of aryl methyl sites for hydroxylation is 1. The van der Waals surface area contributed by atoms with Gasteiger partial charge in [-0.1, -0.05) is 93.0 Å². The van der Waals surface area contributed by atoms with Gasteiger partial charge < -0.3 is 22.7 Å². The Balaban J connectivity index is 0.00000417. The van der Waals surface area contributed by atoms with Crippen LogP contribution in [-0.4, -0.2) is 30.6 Å². The van der Waals surface area contributed by atoms with Gasteiger partial charge in [0.05, 0.1) is 22.1 Å². The standard InChI is InChI=1S/C37H37N5OSi2.Pt/c1-39-26-40(35-18-11-10-17-34(35)39)27-13-12-14-29(23-27)43-30-19-20-32-31-15-8-9-16-33(31)41(36(32)25-30)37-24-28(21-22-38-37)42(44(2,3)4)45(5,6)7;/h8-22,24H,1-7H3;/q-2;/i1D3;. The third kappa shape index (κ3) is 5.74. The predicted octanol–water partition coefficient (Wildman–Crippen LogP) is 8.61. The van der Waals surface area contributed by atoms with E-state index >= 15 is 0 Å². The normalized spacial score (nSPS) is 13.3. The summed E-state index contributed by atoms with van der Waals surface area (Å²) in [6.07, 6.45) is 4.91.